The van der Waals surface area contributed by atoms with Crippen molar-refractivity contribution in [2.45, 2.75) is 57.1 Å². The second kappa shape index (κ2) is 10.8. The van der Waals surface area contributed by atoms with Gasteiger partial charge in [0.25, 0.3) is 5.91 Å². The van der Waals surface area contributed by atoms with Gasteiger partial charge in [0.2, 0.25) is 15.9 Å². The fourth-order valence-electron chi connectivity index (χ4n) is 3.82. The summed E-state index contributed by atoms with van der Waals surface area (Å²) in [5, 5.41) is 2.84. The molecule has 174 valence electrons. The molecule has 1 aromatic carbocycles. The maximum absolute atomic E-state index is 12.9. The average molecular weight is 462 g/mol. The third-order valence-electron chi connectivity index (χ3n) is 5.60. The minimum atomic E-state index is -3.69. The monoisotopic (exact) mass is 461 g/mol. The van der Waals surface area contributed by atoms with Gasteiger partial charge >= 0.3 is 0 Å². The number of methoxy groups -OCH3 is 1. The lowest BCUT2D eigenvalue weighted by Crippen LogP contribution is -2.31. The van der Waals surface area contributed by atoms with Gasteiger partial charge < -0.3 is 14.8 Å². The number of hydrogen-bond acceptors (Lipinski definition) is 6. The van der Waals surface area contributed by atoms with Crippen molar-refractivity contribution in [3.63, 3.8) is 0 Å². The molecule has 1 aliphatic rings. The lowest BCUT2D eigenvalue weighted by molar-refractivity contribution is 0.0947. The Hall–Kier alpha value is -2.65. The van der Waals surface area contributed by atoms with E-state index in [4.69, 9.17) is 9.47 Å². The topological polar surface area (TPSA) is 97.8 Å². The van der Waals surface area contributed by atoms with Gasteiger partial charge in [-0.15, -0.1) is 0 Å². The first-order chi connectivity index (χ1) is 15.4. The van der Waals surface area contributed by atoms with Crippen LogP contribution >= 0.6 is 0 Å². The Balaban J connectivity index is 1.74. The maximum atomic E-state index is 12.9. The molecule has 1 saturated carbocycles. The summed E-state index contributed by atoms with van der Waals surface area (Å²) in [4.78, 5) is 17.2. The SMILES string of the molecule is CCN(CC)S(=O)(=O)c1ccc(OC)c(C(=O)NCc2ccnc(OC3CCCC3)c2)c1. The maximum Gasteiger partial charge on any atom is 0.255 e. The number of aromatic nitrogens is 1. The second-order valence-corrected chi connectivity index (χ2v) is 9.60. The second-order valence-electron chi connectivity index (χ2n) is 7.66. The molecule has 0 aliphatic heterocycles. The van der Waals surface area contributed by atoms with Crippen LogP contribution in [0.2, 0.25) is 0 Å². The molecule has 0 bridgehead atoms. The summed E-state index contributed by atoms with van der Waals surface area (Å²) in [5.41, 5.74) is 1.00. The summed E-state index contributed by atoms with van der Waals surface area (Å²) in [5.74, 6) is 0.433. The van der Waals surface area contributed by atoms with Crippen LogP contribution in [0.25, 0.3) is 0 Å². The highest BCUT2D eigenvalue weighted by molar-refractivity contribution is 7.89. The van der Waals surface area contributed by atoms with Crippen LogP contribution in [0.3, 0.4) is 0 Å². The number of nitrogens with zero attached hydrogens (tertiary/aromatic N) is 2. The van der Waals surface area contributed by atoms with Crippen molar-refractivity contribution in [1.29, 1.82) is 0 Å². The van der Waals surface area contributed by atoms with Crippen molar-refractivity contribution < 1.29 is 22.7 Å². The fourth-order valence-corrected chi connectivity index (χ4v) is 5.30. The molecule has 2 aromatic rings. The van der Waals surface area contributed by atoms with Crippen LogP contribution in [0.5, 0.6) is 11.6 Å². The molecule has 3 rings (SSSR count). The number of carbonyl (C=O) groups is 1. The van der Waals surface area contributed by atoms with E-state index in [2.05, 4.69) is 10.3 Å². The summed E-state index contributed by atoms with van der Waals surface area (Å²) in [6.45, 7) is 4.49. The van der Waals surface area contributed by atoms with Crippen LogP contribution in [-0.2, 0) is 16.6 Å². The Bertz CT molecular complexity index is 1030. The molecule has 9 heteroatoms. The van der Waals surface area contributed by atoms with E-state index in [1.807, 2.05) is 6.07 Å². The Morgan fingerprint density at radius 3 is 2.53 bits per heavy atom. The number of ether oxygens (including phenoxy) is 2. The minimum absolute atomic E-state index is 0.0586. The van der Waals surface area contributed by atoms with Gasteiger partial charge in [0, 0.05) is 31.9 Å². The summed E-state index contributed by atoms with van der Waals surface area (Å²) in [6.07, 6.45) is 6.28. The Labute approximate surface area is 190 Å². The standard InChI is InChI=1S/C23H31N3O5S/c1-4-26(5-2)32(28,29)19-10-11-21(30-3)20(15-19)23(27)25-16-17-12-13-24-22(14-17)31-18-8-6-7-9-18/h10-15,18H,4-9,16H2,1-3H3,(H,25,27). The van der Waals surface area contributed by atoms with Crippen LogP contribution in [0.15, 0.2) is 41.4 Å². The summed E-state index contributed by atoms with van der Waals surface area (Å²) >= 11 is 0. The van der Waals surface area contributed by atoms with Gasteiger partial charge in [0.1, 0.15) is 11.9 Å². The number of carbonyl (C=O) groups excluding carboxylic acids is 1. The van der Waals surface area contributed by atoms with E-state index in [1.165, 1.54) is 42.5 Å². The van der Waals surface area contributed by atoms with Gasteiger partial charge in [-0.1, -0.05) is 13.8 Å². The highest BCUT2D eigenvalue weighted by atomic mass is 32.2. The Morgan fingerprint density at radius 2 is 1.88 bits per heavy atom. The molecule has 0 radical (unpaired) electrons. The zero-order valence-corrected chi connectivity index (χ0v) is 19.7. The molecule has 0 atom stereocenters. The first-order valence-electron chi connectivity index (χ1n) is 11.0. The first kappa shape index (κ1) is 24.0. The molecule has 1 N–H and O–H groups in total. The van der Waals surface area contributed by atoms with Crippen LogP contribution < -0.4 is 14.8 Å². The number of benzene rings is 1. The Kier molecular flexibility index (Phi) is 8.09. The summed E-state index contributed by atoms with van der Waals surface area (Å²) in [6, 6.07) is 7.95. The van der Waals surface area contributed by atoms with Crippen molar-refractivity contribution in [2.75, 3.05) is 20.2 Å². The highest BCUT2D eigenvalue weighted by Gasteiger charge is 2.24. The summed E-state index contributed by atoms with van der Waals surface area (Å²) in [7, 11) is -2.25. The van der Waals surface area contributed by atoms with E-state index in [9.17, 15) is 13.2 Å². The zero-order valence-electron chi connectivity index (χ0n) is 18.8. The minimum Gasteiger partial charge on any atom is -0.496 e. The van der Waals surface area contributed by atoms with E-state index in [0.29, 0.717) is 24.7 Å². The third kappa shape index (κ3) is 5.58. The smallest absolute Gasteiger partial charge is 0.255 e. The quantitative estimate of drug-likeness (QED) is 0.583. The molecular weight excluding hydrogens is 430 g/mol. The molecule has 1 fully saturated rings. The van der Waals surface area contributed by atoms with Crippen LogP contribution in [0.4, 0.5) is 0 Å². The first-order valence-corrected chi connectivity index (χ1v) is 12.4. The normalized spacial score (nSPS) is 14.5. The molecule has 0 saturated heterocycles. The largest absolute Gasteiger partial charge is 0.496 e. The van der Waals surface area contributed by atoms with Gasteiger partial charge in [-0.05, 0) is 55.5 Å². The number of rotatable bonds is 10. The number of pyridine rings is 1. The van der Waals surface area contributed by atoms with Gasteiger partial charge in [-0.25, -0.2) is 13.4 Å². The molecule has 1 heterocycles. The molecule has 0 unspecified atom stereocenters. The van der Waals surface area contributed by atoms with Crippen LogP contribution in [0.1, 0.15) is 55.5 Å². The van der Waals surface area contributed by atoms with Gasteiger partial charge in [-0.2, -0.15) is 4.31 Å². The van der Waals surface area contributed by atoms with Crippen LogP contribution in [0, 0.1) is 0 Å². The van der Waals surface area contributed by atoms with Crippen molar-refractivity contribution in [2.24, 2.45) is 0 Å². The lowest BCUT2D eigenvalue weighted by atomic mass is 10.1. The Morgan fingerprint density at radius 1 is 1.16 bits per heavy atom. The van der Waals surface area contributed by atoms with E-state index in [0.717, 1.165) is 18.4 Å². The predicted octanol–water partition coefficient (Wildman–Crippen LogP) is 3.37. The third-order valence-corrected chi connectivity index (χ3v) is 7.65. The fraction of sp³-hybridized carbons (Fsp3) is 0.478. The number of amides is 1. The van der Waals surface area contributed by atoms with Crippen molar-refractivity contribution in [1.82, 2.24) is 14.6 Å². The van der Waals surface area contributed by atoms with E-state index < -0.39 is 15.9 Å². The lowest BCUT2D eigenvalue weighted by Gasteiger charge is -2.19. The average Bonchev–Trinajstić information content (AvgIpc) is 3.31. The van der Waals surface area contributed by atoms with Crippen molar-refractivity contribution >= 4 is 15.9 Å². The molecule has 1 aliphatic carbocycles. The van der Waals surface area contributed by atoms with Crippen molar-refractivity contribution in [3.05, 3.63) is 47.7 Å². The zero-order chi connectivity index (χ0) is 23.1. The number of hydrogen-bond donors (Lipinski definition) is 1. The molecule has 1 aromatic heterocycles. The van der Waals surface area contributed by atoms with E-state index >= 15 is 0 Å². The number of nitrogens with one attached hydrogen (secondary N) is 1. The van der Waals surface area contributed by atoms with Crippen molar-refractivity contribution in [3.8, 4) is 11.6 Å². The van der Waals surface area contributed by atoms with Gasteiger partial charge in [-0.3, -0.25) is 4.79 Å². The van der Waals surface area contributed by atoms with Crippen LogP contribution in [-0.4, -0.2) is 49.9 Å². The van der Waals surface area contributed by atoms with Gasteiger partial charge in [0.05, 0.1) is 17.6 Å². The van der Waals surface area contributed by atoms with E-state index in [-0.39, 0.29) is 23.1 Å². The molecule has 0 spiro atoms. The molecule has 1 amide bonds. The highest BCUT2D eigenvalue weighted by Crippen LogP contribution is 2.25. The molecule has 8 nitrogen and oxygen atoms in total. The molecule has 32 heavy (non-hydrogen) atoms. The van der Waals surface area contributed by atoms with Gasteiger partial charge in [0.15, 0.2) is 0 Å². The predicted molar refractivity (Wildman–Crippen MR) is 121 cm³/mol. The molecular formula is C23H31N3O5S. The van der Waals surface area contributed by atoms with E-state index in [1.54, 1.807) is 26.1 Å². The summed E-state index contributed by atoms with van der Waals surface area (Å²) < 4.78 is 38.3. The number of sulfonamides is 1.